The van der Waals surface area contributed by atoms with Crippen molar-refractivity contribution in [1.82, 2.24) is 4.90 Å². The molecule has 0 aromatic carbocycles. The minimum Gasteiger partial charge on any atom is -0.367 e. The van der Waals surface area contributed by atoms with Gasteiger partial charge in [0, 0.05) is 12.7 Å². The fourth-order valence-corrected chi connectivity index (χ4v) is 3.12. The minimum absolute atomic E-state index is 0.0507. The van der Waals surface area contributed by atoms with Crippen LogP contribution in [0.25, 0.3) is 0 Å². The highest BCUT2D eigenvalue weighted by atomic mass is 32.2. The van der Waals surface area contributed by atoms with Crippen LogP contribution in [0.1, 0.15) is 0 Å². The van der Waals surface area contributed by atoms with Gasteiger partial charge in [0.2, 0.25) is 0 Å². The molecule has 11 heteroatoms. The summed E-state index contributed by atoms with van der Waals surface area (Å²) < 4.78 is 41.2. The van der Waals surface area contributed by atoms with Crippen LogP contribution in [-0.4, -0.2) is 54.0 Å². The van der Waals surface area contributed by atoms with Crippen molar-refractivity contribution in [3.05, 3.63) is 11.6 Å². The molecular weight excluding hydrogens is 303 g/mol. The van der Waals surface area contributed by atoms with Crippen LogP contribution >= 0.6 is 19.4 Å². The van der Waals surface area contributed by atoms with E-state index in [0.29, 0.717) is 0 Å². The van der Waals surface area contributed by atoms with Crippen molar-refractivity contribution < 1.29 is 27.5 Å². The Morgan fingerprint density at radius 3 is 2.78 bits per heavy atom. The molecular formula is C7H13N2O6PS2. The lowest BCUT2D eigenvalue weighted by atomic mass is 10.6. The highest BCUT2D eigenvalue weighted by Crippen LogP contribution is 2.33. The van der Waals surface area contributed by atoms with Gasteiger partial charge in [0.25, 0.3) is 10.0 Å². The molecule has 0 aromatic rings. The maximum Gasteiger partial charge on any atom is 0.350 e. The van der Waals surface area contributed by atoms with Gasteiger partial charge in [-0.15, -0.1) is 4.40 Å². The van der Waals surface area contributed by atoms with Crippen molar-refractivity contribution in [2.75, 3.05) is 25.8 Å². The third-order valence-electron chi connectivity index (χ3n) is 1.78. The quantitative estimate of drug-likeness (QED) is 0.536. The maximum absolute atomic E-state index is 11.2. The lowest BCUT2D eigenvalue weighted by molar-refractivity contribution is 0.149. The van der Waals surface area contributed by atoms with Gasteiger partial charge in [-0.1, -0.05) is 11.8 Å². The molecule has 8 nitrogen and oxygen atoms in total. The van der Waals surface area contributed by atoms with Crippen LogP contribution in [0, 0.1) is 0 Å². The van der Waals surface area contributed by atoms with Gasteiger partial charge in [0.15, 0.2) is 5.17 Å². The Bertz CT molecular complexity index is 496. The molecule has 1 aliphatic rings. The van der Waals surface area contributed by atoms with Gasteiger partial charge in [0.1, 0.15) is 6.35 Å². The van der Waals surface area contributed by atoms with Crippen molar-refractivity contribution >= 4 is 34.5 Å². The summed E-state index contributed by atoms with van der Waals surface area (Å²) in [4.78, 5) is 18.7. The number of hydrogen-bond donors (Lipinski definition) is 2. The first-order valence-electron chi connectivity index (χ1n) is 4.70. The molecule has 0 spiro atoms. The maximum atomic E-state index is 11.2. The van der Waals surface area contributed by atoms with E-state index in [9.17, 15) is 13.0 Å². The summed E-state index contributed by atoms with van der Waals surface area (Å²) in [5, 5.41) is 1.24. The van der Waals surface area contributed by atoms with Crippen LogP contribution in [0.2, 0.25) is 0 Å². The number of hydrogen-bond acceptors (Lipinski definition) is 6. The van der Waals surface area contributed by atoms with E-state index >= 15 is 0 Å². The Labute approximate surface area is 109 Å². The van der Waals surface area contributed by atoms with E-state index in [1.807, 2.05) is 0 Å². The Kier molecular flexibility index (Phi) is 5.38. The SMILES string of the molecule is CSC1=NS(=O)(=O)C=CN1CCOCP(=O)(O)O. The number of rotatable bonds is 5. The zero-order chi connectivity index (χ0) is 13.8. The molecule has 0 bridgehead atoms. The number of amidine groups is 1. The average Bonchev–Trinajstić information content (AvgIpc) is 2.23. The number of thioether (sulfide) groups is 1. The molecule has 0 atom stereocenters. The molecule has 0 aromatic heterocycles. The van der Waals surface area contributed by atoms with Gasteiger partial charge >= 0.3 is 7.60 Å². The van der Waals surface area contributed by atoms with Crippen molar-refractivity contribution in [3.8, 4) is 0 Å². The molecule has 0 amide bonds. The molecule has 0 fully saturated rings. The number of sulfonamides is 1. The summed E-state index contributed by atoms with van der Waals surface area (Å²) in [5.74, 6) is 0. The average molecular weight is 316 g/mol. The molecule has 0 saturated heterocycles. The van der Waals surface area contributed by atoms with E-state index in [1.54, 1.807) is 6.26 Å². The topological polar surface area (TPSA) is 116 Å². The Morgan fingerprint density at radius 2 is 2.22 bits per heavy atom. The number of ether oxygens (including phenoxy) is 1. The van der Waals surface area contributed by atoms with Crippen molar-refractivity contribution in [2.24, 2.45) is 4.40 Å². The molecule has 0 radical (unpaired) electrons. The van der Waals surface area contributed by atoms with Gasteiger partial charge in [-0.3, -0.25) is 4.57 Å². The standard InChI is InChI=1S/C7H13N2O6PS2/c1-17-7-8-18(13,14)5-3-9(7)2-4-15-6-16(10,11)12/h3,5H,2,4,6H2,1H3,(H2,10,11,12). The number of nitrogens with zero attached hydrogens (tertiary/aromatic N) is 2. The first-order valence-corrected chi connectivity index (χ1v) is 9.22. The van der Waals surface area contributed by atoms with E-state index in [2.05, 4.69) is 4.40 Å². The summed E-state index contributed by atoms with van der Waals surface area (Å²) in [7, 11) is -7.72. The molecule has 0 saturated carbocycles. The Balaban J connectivity index is 2.49. The van der Waals surface area contributed by atoms with Crippen LogP contribution in [0.4, 0.5) is 0 Å². The van der Waals surface area contributed by atoms with Crippen LogP contribution in [0.5, 0.6) is 0 Å². The monoisotopic (exact) mass is 316 g/mol. The second kappa shape index (κ2) is 6.18. The van der Waals surface area contributed by atoms with Crippen LogP contribution < -0.4 is 0 Å². The van der Waals surface area contributed by atoms with Crippen molar-refractivity contribution in [3.63, 3.8) is 0 Å². The van der Waals surface area contributed by atoms with Gasteiger partial charge in [0.05, 0.1) is 12.0 Å². The van der Waals surface area contributed by atoms with Crippen molar-refractivity contribution in [1.29, 1.82) is 0 Å². The lowest BCUT2D eigenvalue weighted by Gasteiger charge is -2.22. The van der Waals surface area contributed by atoms with Crippen molar-refractivity contribution in [2.45, 2.75) is 0 Å². The van der Waals surface area contributed by atoms with E-state index in [4.69, 9.17) is 14.5 Å². The third-order valence-corrected chi connectivity index (χ3v) is 4.00. The predicted molar refractivity (Wildman–Crippen MR) is 68.6 cm³/mol. The van der Waals surface area contributed by atoms with E-state index in [-0.39, 0.29) is 18.3 Å². The molecule has 104 valence electrons. The highest BCUT2D eigenvalue weighted by Gasteiger charge is 2.18. The first-order chi connectivity index (χ1) is 8.23. The van der Waals surface area contributed by atoms with Gasteiger partial charge in [-0.25, -0.2) is 0 Å². The van der Waals surface area contributed by atoms with E-state index < -0.39 is 24.0 Å². The molecule has 0 aliphatic carbocycles. The van der Waals surface area contributed by atoms with E-state index in [1.165, 1.54) is 11.1 Å². The smallest absolute Gasteiger partial charge is 0.350 e. The van der Waals surface area contributed by atoms with E-state index in [0.717, 1.165) is 17.2 Å². The molecule has 18 heavy (non-hydrogen) atoms. The lowest BCUT2D eigenvalue weighted by Crippen LogP contribution is -2.30. The van der Waals surface area contributed by atoms with Gasteiger partial charge in [-0.05, 0) is 6.26 Å². The summed E-state index contributed by atoms with van der Waals surface area (Å²) in [5.41, 5.74) is 0. The summed E-state index contributed by atoms with van der Waals surface area (Å²) in [6.45, 7) is 0.306. The van der Waals surface area contributed by atoms with Crippen LogP contribution in [0.3, 0.4) is 0 Å². The van der Waals surface area contributed by atoms with Gasteiger partial charge in [-0.2, -0.15) is 8.42 Å². The second-order valence-electron chi connectivity index (χ2n) is 3.27. The summed E-state index contributed by atoms with van der Waals surface area (Å²) in [6.07, 6.45) is 2.36. The fourth-order valence-electron chi connectivity index (χ4n) is 1.08. The zero-order valence-corrected chi connectivity index (χ0v) is 12.0. The molecule has 1 heterocycles. The predicted octanol–water partition coefficient (Wildman–Crippen LogP) is -0.0262. The second-order valence-corrected chi connectivity index (χ2v) is 7.12. The molecule has 0 unspecified atom stereocenters. The van der Waals surface area contributed by atoms with Gasteiger partial charge < -0.3 is 19.4 Å². The van der Waals surface area contributed by atoms with Crippen LogP contribution in [0.15, 0.2) is 16.0 Å². The highest BCUT2D eigenvalue weighted by molar-refractivity contribution is 8.14. The minimum atomic E-state index is -4.17. The Hall–Kier alpha value is -0.380. The molecule has 2 N–H and O–H groups in total. The zero-order valence-electron chi connectivity index (χ0n) is 9.46. The molecule has 1 aliphatic heterocycles. The summed E-state index contributed by atoms with van der Waals surface area (Å²) >= 11 is 1.16. The fraction of sp³-hybridized carbons (Fsp3) is 0.571. The molecule has 1 rings (SSSR count). The largest absolute Gasteiger partial charge is 0.367 e. The normalized spacial score (nSPS) is 18.8. The third kappa shape index (κ3) is 5.51. The first kappa shape index (κ1) is 15.7. The summed E-state index contributed by atoms with van der Waals surface area (Å²) in [6, 6.07) is 0. The Morgan fingerprint density at radius 1 is 1.56 bits per heavy atom. The van der Waals surface area contributed by atoms with Crippen LogP contribution in [-0.2, 0) is 19.3 Å².